The second-order valence-corrected chi connectivity index (χ2v) is 9.13. The summed E-state index contributed by atoms with van der Waals surface area (Å²) in [4.78, 5) is 32.7. The first-order valence-corrected chi connectivity index (χ1v) is 11.9. The smallest absolute Gasteiger partial charge is 0.245 e. The molecule has 2 aliphatic rings. The Morgan fingerprint density at radius 3 is 2.71 bits per heavy atom. The molecule has 34 heavy (non-hydrogen) atoms. The minimum atomic E-state index is -0.00515. The van der Waals surface area contributed by atoms with Gasteiger partial charge in [-0.2, -0.15) is 0 Å². The number of aromatic nitrogens is 3. The SMILES string of the molecule is C=CC(=O)N1CCC[C@H](c2cccc3cnc(Nc4ccc(N5CCN(C)CC5)nc4)nc23)C1. The normalized spacial score (nSPS) is 19.3. The van der Waals surface area contributed by atoms with E-state index in [4.69, 9.17) is 4.98 Å². The fraction of sp³-hybridized carbons (Fsp3) is 0.385. The number of pyridine rings is 1. The number of likely N-dealkylation sites (N-methyl/N-ethyl adjacent to an activating group) is 1. The number of benzene rings is 1. The number of para-hydroxylation sites is 1. The van der Waals surface area contributed by atoms with Gasteiger partial charge in [-0.3, -0.25) is 4.79 Å². The number of carbonyl (C=O) groups is 1. The van der Waals surface area contributed by atoms with Gasteiger partial charge in [0.05, 0.1) is 17.4 Å². The molecule has 5 rings (SSSR count). The third kappa shape index (κ3) is 4.72. The van der Waals surface area contributed by atoms with Crippen LogP contribution in [0.1, 0.15) is 24.3 Å². The van der Waals surface area contributed by atoms with Crippen molar-refractivity contribution >= 4 is 34.3 Å². The first-order chi connectivity index (χ1) is 16.6. The van der Waals surface area contributed by atoms with E-state index in [1.807, 2.05) is 41.6 Å². The van der Waals surface area contributed by atoms with Crippen molar-refractivity contribution in [2.75, 3.05) is 56.5 Å². The fourth-order valence-corrected chi connectivity index (χ4v) is 4.84. The highest BCUT2D eigenvalue weighted by Gasteiger charge is 2.25. The number of nitrogens with zero attached hydrogens (tertiary/aromatic N) is 6. The number of hydrogen-bond donors (Lipinski definition) is 1. The maximum Gasteiger partial charge on any atom is 0.245 e. The molecule has 0 radical (unpaired) electrons. The van der Waals surface area contributed by atoms with Gasteiger partial charge in [0.2, 0.25) is 11.9 Å². The van der Waals surface area contributed by atoms with Crippen LogP contribution in [0.15, 0.2) is 55.4 Å². The zero-order valence-electron chi connectivity index (χ0n) is 19.7. The standard InChI is InChI=1S/C26H31N7O/c1-3-24(34)33-11-5-7-20(18-33)22-8-4-6-19-16-28-26(30-25(19)22)29-21-9-10-23(27-17-21)32-14-12-31(2)13-15-32/h3-4,6,8-10,16-17,20H,1,5,7,11-15,18H2,2H3,(H,28,29,30)/t20-/m0/s1. The third-order valence-corrected chi connectivity index (χ3v) is 6.82. The van der Waals surface area contributed by atoms with E-state index in [0.717, 1.165) is 73.5 Å². The molecule has 8 nitrogen and oxygen atoms in total. The number of hydrogen-bond acceptors (Lipinski definition) is 7. The lowest BCUT2D eigenvalue weighted by Crippen LogP contribution is -2.44. The van der Waals surface area contributed by atoms with Gasteiger partial charge in [0.15, 0.2) is 0 Å². The minimum Gasteiger partial charge on any atom is -0.354 e. The molecule has 4 heterocycles. The molecule has 0 bridgehead atoms. The molecule has 1 amide bonds. The number of carbonyl (C=O) groups excluding carboxylic acids is 1. The summed E-state index contributed by atoms with van der Waals surface area (Å²) in [5, 5.41) is 4.31. The van der Waals surface area contributed by atoms with E-state index in [2.05, 4.69) is 44.8 Å². The number of rotatable bonds is 5. The van der Waals surface area contributed by atoms with Crippen LogP contribution in [-0.2, 0) is 4.79 Å². The molecule has 1 atom stereocenters. The first kappa shape index (κ1) is 22.3. The zero-order chi connectivity index (χ0) is 23.5. The summed E-state index contributed by atoms with van der Waals surface area (Å²) in [5.74, 6) is 1.78. The van der Waals surface area contributed by atoms with E-state index < -0.39 is 0 Å². The predicted octanol–water partition coefficient (Wildman–Crippen LogP) is 3.41. The van der Waals surface area contributed by atoms with Gasteiger partial charge in [0.25, 0.3) is 0 Å². The minimum absolute atomic E-state index is 0.00515. The number of amides is 1. The Kier molecular flexibility index (Phi) is 6.40. The van der Waals surface area contributed by atoms with Crippen LogP contribution in [0.4, 0.5) is 17.5 Å². The molecular weight excluding hydrogens is 426 g/mol. The summed E-state index contributed by atoms with van der Waals surface area (Å²) in [6.45, 7) is 9.19. The van der Waals surface area contributed by atoms with Crippen molar-refractivity contribution in [3.05, 3.63) is 60.9 Å². The Morgan fingerprint density at radius 2 is 1.94 bits per heavy atom. The number of piperidine rings is 1. The molecule has 0 aliphatic carbocycles. The monoisotopic (exact) mass is 457 g/mol. The average molecular weight is 458 g/mol. The van der Waals surface area contributed by atoms with Crippen LogP contribution < -0.4 is 10.2 Å². The number of likely N-dealkylation sites (tertiary alicyclic amines) is 1. The number of piperazine rings is 1. The summed E-state index contributed by atoms with van der Waals surface area (Å²) in [5.41, 5.74) is 2.95. The van der Waals surface area contributed by atoms with Crippen molar-refractivity contribution < 1.29 is 4.79 Å². The average Bonchev–Trinajstić information content (AvgIpc) is 2.89. The van der Waals surface area contributed by atoms with Crippen LogP contribution in [-0.4, -0.2) is 77.0 Å². The highest BCUT2D eigenvalue weighted by molar-refractivity contribution is 5.87. The summed E-state index contributed by atoms with van der Waals surface area (Å²) in [6.07, 6.45) is 7.11. The summed E-state index contributed by atoms with van der Waals surface area (Å²) in [7, 11) is 2.15. The van der Waals surface area contributed by atoms with Crippen molar-refractivity contribution in [3.63, 3.8) is 0 Å². The molecule has 0 unspecified atom stereocenters. The molecule has 2 fully saturated rings. The van der Waals surface area contributed by atoms with Gasteiger partial charge in [-0.1, -0.05) is 24.8 Å². The van der Waals surface area contributed by atoms with Gasteiger partial charge < -0.3 is 20.0 Å². The van der Waals surface area contributed by atoms with Crippen molar-refractivity contribution in [1.82, 2.24) is 24.8 Å². The molecule has 0 spiro atoms. The quantitative estimate of drug-likeness (QED) is 0.588. The van der Waals surface area contributed by atoms with Crippen LogP contribution in [0.2, 0.25) is 0 Å². The maximum absolute atomic E-state index is 12.2. The van der Waals surface area contributed by atoms with Gasteiger partial charge in [0.1, 0.15) is 5.82 Å². The van der Waals surface area contributed by atoms with E-state index in [1.54, 1.807) is 0 Å². The van der Waals surface area contributed by atoms with E-state index in [9.17, 15) is 4.79 Å². The highest BCUT2D eigenvalue weighted by Crippen LogP contribution is 2.32. The first-order valence-electron chi connectivity index (χ1n) is 11.9. The summed E-state index contributed by atoms with van der Waals surface area (Å²) >= 11 is 0. The number of nitrogens with one attached hydrogen (secondary N) is 1. The van der Waals surface area contributed by atoms with Gasteiger partial charge in [0, 0.05) is 56.8 Å². The van der Waals surface area contributed by atoms with Gasteiger partial charge in [-0.25, -0.2) is 15.0 Å². The second-order valence-electron chi connectivity index (χ2n) is 9.13. The van der Waals surface area contributed by atoms with E-state index in [-0.39, 0.29) is 11.8 Å². The molecule has 8 heteroatoms. The number of anilines is 3. The van der Waals surface area contributed by atoms with Gasteiger partial charge in [-0.05, 0) is 43.7 Å². The summed E-state index contributed by atoms with van der Waals surface area (Å²) < 4.78 is 0. The Bertz CT molecular complexity index is 1170. The largest absolute Gasteiger partial charge is 0.354 e. The van der Waals surface area contributed by atoms with Crippen molar-refractivity contribution in [2.24, 2.45) is 0 Å². The Labute approximate surface area is 200 Å². The van der Waals surface area contributed by atoms with Crippen LogP contribution in [0.25, 0.3) is 10.9 Å². The van der Waals surface area contributed by atoms with Gasteiger partial charge >= 0.3 is 0 Å². The van der Waals surface area contributed by atoms with Crippen LogP contribution >= 0.6 is 0 Å². The van der Waals surface area contributed by atoms with Crippen LogP contribution in [0, 0.1) is 0 Å². The molecule has 176 valence electrons. The lowest BCUT2D eigenvalue weighted by Gasteiger charge is -2.33. The molecule has 2 aliphatic heterocycles. The lowest BCUT2D eigenvalue weighted by molar-refractivity contribution is -0.127. The Hall–Kier alpha value is -3.52. The van der Waals surface area contributed by atoms with Crippen LogP contribution in [0.3, 0.4) is 0 Å². The Morgan fingerprint density at radius 1 is 1.09 bits per heavy atom. The molecule has 0 saturated carbocycles. The zero-order valence-corrected chi connectivity index (χ0v) is 19.7. The van der Waals surface area contributed by atoms with Gasteiger partial charge in [-0.15, -0.1) is 0 Å². The predicted molar refractivity (Wildman–Crippen MR) is 136 cm³/mol. The topological polar surface area (TPSA) is 77.5 Å². The lowest BCUT2D eigenvalue weighted by atomic mass is 9.89. The summed E-state index contributed by atoms with van der Waals surface area (Å²) in [6, 6.07) is 10.3. The molecule has 1 aromatic carbocycles. The molecule has 2 aromatic heterocycles. The van der Waals surface area contributed by atoms with E-state index in [1.165, 1.54) is 6.08 Å². The van der Waals surface area contributed by atoms with Crippen molar-refractivity contribution in [3.8, 4) is 0 Å². The van der Waals surface area contributed by atoms with E-state index >= 15 is 0 Å². The fourth-order valence-electron chi connectivity index (χ4n) is 4.84. The maximum atomic E-state index is 12.2. The van der Waals surface area contributed by atoms with Crippen molar-refractivity contribution in [1.29, 1.82) is 0 Å². The van der Waals surface area contributed by atoms with Crippen molar-refractivity contribution in [2.45, 2.75) is 18.8 Å². The molecule has 2 saturated heterocycles. The molecular formula is C26H31N7O. The van der Waals surface area contributed by atoms with E-state index in [0.29, 0.717) is 12.5 Å². The highest BCUT2D eigenvalue weighted by atomic mass is 16.2. The molecule has 1 N–H and O–H groups in total. The second kappa shape index (κ2) is 9.77. The third-order valence-electron chi connectivity index (χ3n) is 6.82. The Balaban J connectivity index is 1.35. The molecule has 3 aromatic rings. The number of fused-ring (bicyclic) bond motifs is 1. The van der Waals surface area contributed by atoms with Crippen LogP contribution in [0.5, 0.6) is 0 Å².